The fraction of sp³-hybridized carbons (Fsp3) is 0.562. The molecule has 0 aromatic heterocycles. The zero-order valence-electron chi connectivity index (χ0n) is 13.7. The van der Waals surface area contributed by atoms with E-state index >= 15 is 0 Å². The molecule has 0 radical (unpaired) electrons. The maximum atomic E-state index is 11.1. The number of amides is 1. The molecular formula is C16H26N2O3. The minimum absolute atomic E-state index is 0.0975. The van der Waals surface area contributed by atoms with Crippen LogP contribution >= 0.6 is 0 Å². The highest BCUT2D eigenvalue weighted by molar-refractivity contribution is 5.89. The Balaban J connectivity index is 2.86. The molecule has 0 aliphatic carbocycles. The van der Waals surface area contributed by atoms with Crippen molar-refractivity contribution in [1.82, 2.24) is 0 Å². The summed E-state index contributed by atoms with van der Waals surface area (Å²) in [6.45, 7) is 7.68. The van der Waals surface area contributed by atoms with Crippen molar-refractivity contribution in [3.05, 3.63) is 18.2 Å². The molecule has 0 saturated heterocycles. The van der Waals surface area contributed by atoms with Crippen LogP contribution in [0, 0.1) is 0 Å². The van der Waals surface area contributed by atoms with Gasteiger partial charge in [0.15, 0.2) is 0 Å². The number of carbonyl (C=O) groups excluding carboxylic acids is 1. The van der Waals surface area contributed by atoms with Gasteiger partial charge in [0.2, 0.25) is 5.91 Å². The minimum Gasteiger partial charge on any atom is -0.495 e. The summed E-state index contributed by atoms with van der Waals surface area (Å²) in [5.74, 6) is 0.644. The van der Waals surface area contributed by atoms with Gasteiger partial charge < -0.3 is 20.1 Å². The molecule has 5 nitrogen and oxygen atoms in total. The fourth-order valence-electron chi connectivity index (χ4n) is 2.24. The molecule has 0 bridgehead atoms. The van der Waals surface area contributed by atoms with Crippen LogP contribution in [-0.4, -0.2) is 31.8 Å². The molecule has 0 saturated carbocycles. The van der Waals surface area contributed by atoms with Crippen molar-refractivity contribution in [2.24, 2.45) is 0 Å². The van der Waals surface area contributed by atoms with Gasteiger partial charge in [0.1, 0.15) is 5.75 Å². The summed E-state index contributed by atoms with van der Waals surface area (Å²) >= 11 is 0. The molecule has 5 heteroatoms. The highest BCUT2D eigenvalue weighted by atomic mass is 16.5. The van der Waals surface area contributed by atoms with Gasteiger partial charge in [-0.25, -0.2) is 0 Å². The molecule has 0 aliphatic rings. The van der Waals surface area contributed by atoms with Crippen molar-refractivity contribution in [2.45, 2.75) is 45.8 Å². The standard InChI is InChI=1S/C16H26N2O3/c1-11(10-16(3,4)21-6)17-14-9-13(18-12(2)19)7-8-15(14)20-5/h7-9,11,17H,10H2,1-6H3,(H,18,19). The maximum absolute atomic E-state index is 11.1. The molecule has 1 atom stereocenters. The lowest BCUT2D eigenvalue weighted by molar-refractivity contribution is -0.114. The van der Waals surface area contributed by atoms with Crippen molar-refractivity contribution in [3.63, 3.8) is 0 Å². The monoisotopic (exact) mass is 294 g/mol. The summed E-state index contributed by atoms with van der Waals surface area (Å²) in [5.41, 5.74) is 1.39. The smallest absolute Gasteiger partial charge is 0.221 e. The van der Waals surface area contributed by atoms with Crippen molar-refractivity contribution in [1.29, 1.82) is 0 Å². The zero-order valence-corrected chi connectivity index (χ0v) is 13.7. The van der Waals surface area contributed by atoms with Gasteiger partial charge in [-0.2, -0.15) is 0 Å². The van der Waals surface area contributed by atoms with E-state index in [9.17, 15) is 4.79 Å². The van der Waals surface area contributed by atoms with Crippen LogP contribution in [-0.2, 0) is 9.53 Å². The lowest BCUT2D eigenvalue weighted by Gasteiger charge is -2.28. The Bertz CT molecular complexity index is 486. The highest BCUT2D eigenvalue weighted by Gasteiger charge is 2.20. The number of hydrogen-bond acceptors (Lipinski definition) is 4. The second-order valence-electron chi connectivity index (χ2n) is 5.81. The number of hydrogen-bond donors (Lipinski definition) is 2. The molecule has 0 heterocycles. The molecule has 1 rings (SSSR count). The Labute approximate surface area is 127 Å². The minimum atomic E-state index is -0.200. The first-order chi connectivity index (χ1) is 9.77. The van der Waals surface area contributed by atoms with E-state index in [0.717, 1.165) is 23.5 Å². The third-order valence-electron chi connectivity index (χ3n) is 3.27. The van der Waals surface area contributed by atoms with Crippen molar-refractivity contribution in [2.75, 3.05) is 24.9 Å². The van der Waals surface area contributed by atoms with E-state index < -0.39 is 0 Å². The lowest BCUT2D eigenvalue weighted by atomic mass is 9.99. The molecule has 0 fully saturated rings. The first kappa shape index (κ1) is 17.3. The van der Waals surface area contributed by atoms with Crippen LogP contribution in [0.1, 0.15) is 34.1 Å². The van der Waals surface area contributed by atoms with E-state index in [2.05, 4.69) is 31.4 Å². The number of methoxy groups -OCH3 is 2. The van der Waals surface area contributed by atoms with Crippen LogP contribution in [0.5, 0.6) is 5.75 Å². The van der Waals surface area contributed by atoms with Crippen molar-refractivity contribution in [3.8, 4) is 5.75 Å². The van der Waals surface area contributed by atoms with E-state index in [1.165, 1.54) is 6.92 Å². The maximum Gasteiger partial charge on any atom is 0.221 e. The molecule has 21 heavy (non-hydrogen) atoms. The normalized spacial score (nSPS) is 12.7. The third kappa shape index (κ3) is 5.63. The van der Waals surface area contributed by atoms with E-state index in [4.69, 9.17) is 9.47 Å². The fourth-order valence-corrected chi connectivity index (χ4v) is 2.24. The van der Waals surface area contributed by atoms with E-state index in [1.807, 2.05) is 18.2 Å². The second-order valence-corrected chi connectivity index (χ2v) is 5.81. The van der Waals surface area contributed by atoms with Gasteiger partial charge in [-0.05, 0) is 45.4 Å². The van der Waals surface area contributed by atoms with Gasteiger partial charge in [-0.3, -0.25) is 4.79 Å². The quantitative estimate of drug-likeness (QED) is 0.810. The van der Waals surface area contributed by atoms with Crippen LogP contribution in [0.15, 0.2) is 18.2 Å². The van der Waals surface area contributed by atoms with E-state index in [0.29, 0.717) is 0 Å². The molecule has 1 unspecified atom stereocenters. The van der Waals surface area contributed by atoms with Gasteiger partial charge in [-0.1, -0.05) is 0 Å². The van der Waals surface area contributed by atoms with Gasteiger partial charge in [0.05, 0.1) is 18.4 Å². The summed E-state index contributed by atoms with van der Waals surface area (Å²) in [6, 6.07) is 5.72. The Kier molecular flexibility index (Phi) is 6.03. The zero-order chi connectivity index (χ0) is 16.0. The average Bonchev–Trinajstić information content (AvgIpc) is 2.37. The Hall–Kier alpha value is -1.75. The largest absolute Gasteiger partial charge is 0.495 e. The SMILES string of the molecule is COc1ccc(NC(C)=O)cc1NC(C)CC(C)(C)OC. The molecule has 0 aliphatic heterocycles. The molecular weight excluding hydrogens is 268 g/mol. The molecule has 1 amide bonds. The highest BCUT2D eigenvalue weighted by Crippen LogP contribution is 2.29. The predicted octanol–water partition coefficient (Wildman–Crippen LogP) is 3.27. The summed E-state index contributed by atoms with van der Waals surface area (Å²) < 4.78 is 10.8. The number of rotatable bonds is 7. The van der Waals surface area contributed by atoms with Crippen LogP contribution in [0.25, 0.3) is 0 Å². The second kappa shape index (κ2) is 7.31. The van der Waals surface area contributed by atoms with Crippen molar-refractivity contribution < 1.29 is 14.3 Å². The average molecular weight is 294 g/mol. The first-order valence-corrected chi connectivity index (χ1v) is 7.04. The Morgan fingerprint density at radius 3 is 2.52 bits per heavy atom. The van der Waals surface area contributed by atoms with Crippen LogP contribution in [0.2, 0.25) is 0 Å². The number of benzene rings is 1. The topological polar surface area (TPSA) is 59.6 Å². The molecule has 0 spiro atoms. The third-order valence-corrected chi connectivity index (χ3v) is 3.27. The number of anilines is 2. The summed E-state index contributed by atoms with van der Waals surface area (Å²) in [5, 5.41) is 6.18. The first-order valence-electron chi connectivity index (χ1n) is 7.04. The number of nitrogens with one attached hydrogen (secondary N) is 2. The van der Waals surface area contributed by atoms with Crippen LogP contribution in [0.3, 0.4) is 0 Å². The Morgan fingerprint density at radius 2 is 2.00 bits per heavy atom. The molecule has 2 N–H and O–H groups in total. The van der Waals surface area contributed by atoms with E-state index in [1.54, 1.807) is 14.2 Å². The number of carbonyl (C=O) groups is 1. The van der Waals surface area contributed by atoms with Crippen LogP contribution < -0.4 is 15.4 Å². The van der Waals surface area contributed by atoms with Crippen LogP contribution in [0.4, 0.5) is 11.4 Å². The molecule has 1 aromatic rings. The van der Waals surface area contributed by atoms with Gasteiger partial charge >= 0.3 is 0 Å². The number of ether oxygens (including phenoxy) is 2. The van der Waals surface area contributed by atoms with E-state index in [-0.39, 0.29) is 17.6 Å². The summed E-state index contributed by atoms with van der Waals surface area (Å²) in [7, 11) is 3.34. The molecule has 118 valence electrons. The van der Waals surface area contributed by atoms with Gasteiger partial charge in [0, 0.05) is 25.8 Å². The Morgan fingerprint density at radius 1 is 1.33 bits per heavy atom. The van der Waals surface area contributed by atoms with Crippen molar-refractivity contribution >= 4 is 17.3 Å². The predicted molar refractivity (Wildman–Crippen MR) is 86.1 cm³/mol. The molecule has 1 aromatic carbocycles. The lowest BCUT2D eigenvalue weighted by Crippen LogP contribution is -2.31. The summed E-state index contributed by atoms with van der Waals surface area (Å²) in [6.07, 6.45) is 0.844. The van der Waals surface area contributed by atoms with Gasteiger partial charge in [-0.15, -0.1) is 0 Å². The summed E-state index contributed by atoms with van der Waals surface area (Å²) in [4.78, 5) is 11.1. The van der Waals surface area contributed by atoms with Gasteiger partial charge in [0.25, 0.3) is 0 Å².